The van der Waals surface area contributed by atoms with Crippen molar-refractivity contribution < 1.29 is 9.90 Å². The van der Waals surface area contributed by atoms with E-state index in [1.54, 1.807) is 12.1 Å². The molecule has 0 aliphatic heterocycles. The third kappa shape index (κ3) is 3.61. The molecule has 3 nitrogen and oxygen atoms in total. The van der Waals surface area contributed by atoms with Crippen molar-refractivity contribution in [3.8, 4) is 5.75 Å². The van der Waals surface area contributed by atoms with Crippen molar-refractivity contribution in [2.75, 3.05) is 6.54 Å². The van der Waals surface area contributed by atoms with E-state index >= 15 is 0 Å². The van der Waals surface area contributed by atoms with Crippen LogP contribution in [0.25, 0.3) is 0 Å². The topological polar surface area (TPSA) is 49.3 Å². The number of halogens is 1. The second kappa shape index (κ2) is 6.57. The van der Waals surface area contributed by atoms with Crippen molar-refractivity contribution in [1.82, 2.24) is 5.32 Å². The Morgan fingerprint density at radius 3 is 2.65 bits per heavy atom. The number of amides is 1. The summed E-state index contributed by atoms with van der Waals surface area (Å²) >= 11 is 3.29. The second-order valence-electron chi connectivity index (χ2n) is 4.68. The number of hydrogen-bond acceptors (Lipinski definition) is 2. The molecule has 1 atom stereocenters. The van der Waals surface area contributed by atoms with Crippen LogP contribution < -0.4 is 5.32 Å². The first-order valence-electron chi connectivity index (χ1n) is 6.39. The maximum absolute atomic E-state index is 12.1. The lowest BCUT2D eigenvalue weighted by atomic mass is 10.0. The number of carbonyl (C=O) groups is 1. The van der Waals surface area contributed by atoms with Crippen LogP contribution in [0.15, 0.2) is 53.0 Å². The maximum atomic E-state index is 12.1. The van der Waals surface area contributed by atoms with Gasteiger partial charge in [-0.3, -0.25) is 4.79 Å². The lowest BCUT2D eigenvalue weighted by Gasteiger charge is -2.13. The fourth-order valence-electron chi connectivity index (χ4n) is 1.93. The van der Waals surface area contributed by atoms with E-state index in [-0.39, 0.29) is 23.1 Å². The van der Waals surface area contributed by atoms with Crippen LogP contribution >= 0.6 is 15.9 Å². The molecule has 0 saturated heterocycles. The highest BCUT2D eigenvalue weighted by Gasteiger charge is 2.13. The molecule has 0 heterocycles. The van der Waals surface area contributed by atoms with Gasteiger partial charge in [0.15, 0.2) is 0 Å². The molecule has 0 spiro atoms. The number of nitrogens with one attached hydrogen (secondary N) is 1. The Morgan fingerprint density at radius 2 is 1.95 bits per heavy atom. The quantitative estimate of drug-likeness (QED) is 0.896. The molecule has 1 unspecified atom stereocenters. The first kappa shape index (κ1) is 14.6. The van der Waals surface area contributed by atoms with Crippen LogP contribution in [0.1, 0.15) is 28.8 Å². The highest BCUT2D eigenvalue weighted by molar-refractivity contribution is 9.10. The molecule has 0 aliphatic carbocycles. The second-order valence-corrected chi connectivity index (χ2v) is 5.60. The van der Waals surface area contributed by atoms with E-state index in [0.717, 1.165) is 4.47 Å². The van der Waals surface area contributed by atoms with Gasteiger partial charge in [0.05, 0.1) is 5.56 Å². The summed E-state index contributed by atoms with van der Waals surface area (Å²) in [7, 11) is 0. The van der Waals surface area contributed by atoms with Crippen LogP contribution in [-0.2, 0) is 0 Å². The molecule has 20 heavy (non-hydrogen) atoms. The van der Waals surface area contributed by atoms with Gasteiger partial charge in [-0.1, -0.05) is 53.2 Å². The molecular formula is C16H16BrNO2. The van der Waals surface area contributed by atoms with Gasteiger partial charge in [0.25, 0.3) is 5.91 Å². The third-order valence-corrected chi connectivity index (χ3v) is 3.63. The molecule has 4 heteroatoms. The number of phenols is 1. The summed E-state index contributed by atoms with van der Waals surface area (Å²) in [6.07, 6.45) is 0. The minimum Gasteiger partial charge on any atom is -0.507 e. The fraction of sp³-hybridized carbons (Fsp3) is 0.188. The summed E-state index contributed by atoms with van der Waals surface area (Å²) < 4.78 is 0.761. The summed E-state index contributed by atoms with van der Waals surface area (Å²) in [4.78, 5) is 12.1. The van der Waals surface area contributed by atoms with Crippen LogP contribution in [0.3, 0.4) is 0 Å². The number of carbonyl (C=O) groups excluding carboxylic acids is 1. The maximum Gasteiger partial charge on any atom is 0.255 e. The highest BCUT2D eigenvalue weighted by atomic mass is 79.9. The molecule has 104 valence electrons. The first-order valence-corrected chi connectivity index (χ1v) is 7.19. The molecule has 2 N–H and O–H groups in total. The van der Waals surface area contributed by atoms with E-state index in [9.17, 15) is 9.90 Å². The van der Waals surface area contributed by atoms with Crippen molar-refractivity contribution in [3.63, 3.8) is 0 Å². The third-order valence-electron chi connectivity index (χ3n) is 3.14. The van der Waals surface area contributed by atoms with E-state index in [1.807, 2.05) is 30.3 Å². The van der Waals surface area contributed by atoms with Crippen molar-refractivity contribution in [1.29, 1.82) is 0 Å². The summed E-state index contributed by atoms with van der Waals surface area (Å²) in [5.41, 5.74) is 1.45. The van der Waals surface area contributed by atoms with E-state index in [0.29, 0.717) is 6.54 Å². The molecule has 0 bridgehead atoms. The molecular weight excluding hydrogens is 318 g/mol. The van der Waals surface area contributed by atoms with Crippen molar-refractivity contribution in [2.24, 2.45) is 0 Å². The summed E-state index contributed by atoms with van der Waals surface area (Å²) in [6, 6.07) is 14.8. The van der Waals surface area contributed by atoms with Gasteiger partial charge in [0.2, 0.25) is 0 Å². The average molecular weight is 334 g/mol. The van der Waals surface area contributed by atoms with Crippen LogP contribution in [0.4, 0.5) is 0 Å². The highest BCUT2D eigenvalue weighted by Crippen LogP contribution is 2.22. The Bertz CT molecular complexity index is 599. The molecule has 0 aromatic heterocycles. The lowest BCUT2D eigenvalue weighted by Crippen LogP contribution is -2.27. The molecule has 1 amide bonds. The Hall–Kier alpha value is -1.81. The van der Waals surface area contributed by atoms with Crippen LogP contribution in [0.5, 0.6) is 5.75 Å². The van der Waals surface area contributed by atoms with Crippen molar-refractivity contribution in [3.05, 3.63) is 64.1 Å². The van der Waals surface area contributed by atoms with Gasteiger partial charge in [-0.25, -0.2) is 0 Å². The Labute approximate surface area is 126 Å². The van der Waals surface area contributed by atoms with E-state index in [2.05, 4.69) is 28.2 Å². The Morgan fingerprint density at radius 1 is 1.25 bits per heavy atom. The number of rotatable bonds is 4. The Kier molecular flexibility index (Phi) is 4.79. The van der Waals surface area contributed by atoms with Gasteiger partial charge in [0.1, 0.15) is 5.75 Å². The van der Waals surface area contributed by atoms with Crippen LogP contribution in [-0.4, -0.2) is 17.6 Å². The van der Waals surface area contributed by atoms with Gasteiger partial charge < -0.3 is 10.4 Å². The zero-order valence-electron chi connectivity index (χ0n) is 11.1. The van der Waals surface area contributed by atoms with Gasteiger partial charge in [-0.2, -0.15) is 0 Å². The smallest absolute Gasteiger partial charge is 0.255 e. The summed E-state index contributed by atoms with van der Waals surface area (Å²) in [6.45, 7) is 2.57. The summed E-state index contributed by atoms with van der Waals surface area (Å²) in [5, 5.41) is 12.6. The predicted octanol–water partition coefficient (Wildman–Crippen LogP) is 3.69. The SMILES string of the molecule is CC(CNC(=O)c1cc(Br)ccc1O)c1ccccc1. The van der Waals surface area contributed by atoms with Crippen molar-refractivity contribution in [2.45, 2.75) is 12.8 Å². The molecule has 0 saturated carbocycles. The normalized spacial score (nSPS) is 11.9. The van der Waals surface area contributed by atoms with E-state index in [4.69, 9.17) is 0 Å². The lowest BCUT2D eigenvalue weighted by molar-refractivity contribution is 0.0949. The predicted molar refractivity (Wildman–Crippen MR) is 83.0 cm³/mol. The van der Waals surface area contributed by atoms with E-state index in [1.165, 1.54) is 11.6 Å². The number of aromatic hydroxyl groups is 1. The fourth-order valence-corrected chi connectivity index (χ4v) is 2.29. The van der Waals surface area contributed by atoms with E-state index < -0.39 is 0 Å². The Balaban J connectivity index is 2.00. The van der Waals surface area contributed by atoms with Gasteiger partial charge in [-0.15, -0.1) is 0 Å². The van der Waals surface area contributed by atoms with Gasteiger partial charge in [0, 0.05) is 11.0 Å². The van der Waals surface area contributed by atoms with Gasteiger partial charge in [-0.05, 0) is 29.7 Å². The zero-order valence-corrected chi connectivity index (χ0v) is 12.7. The summed E-state index contributed by atoms with van der Waals surface area (Å²) in [5.74, 6) is -0.0703. The number of benzene rings is 2. The molecule has 2 aromatic rings. The largest absolute Gasteiger partial charge is 0.507 e. The average Bonchev–Trinajstić information content (AvgIpc) is 2.47. The number of phenolic OH excluding ortho intramolecular Hbond substituents is 1. The molecule has 2 aromatic carbocycles. The minimum absolute atomic E-state index is 0.0157. The number of hydrogen-bond donors (Lipinski definition) is 2. The molecule has 0 fully saturated rings. The van der Waals surface area contributed by atoms with Crippen LogP contribution in [0.2, 0.25) is 0 Å². The monoisotopic (exact) mass is 333 g/mol. The molecule has 0 radical (unpaired) electrons. The first-order chi connectivity index (χ1) is 9.58. The van der Waals surface area contributed by atoms with Gasteiger partial charge >= 0.3 is 0 Å². The minimum atomic E-state index is -0.272. The van der Waals surface area contributed by atoms with Crippen LogP contribution in [0, 0.1) is 0 Å². The molecule has 0 aliphatic rings. The standard InChI is InChI=1S/C16H16BrNO2/c1-11(12-5-3-2-4-6-12)10-18-16(20)14-9-13(17)7-8-15(14)19/h2-9,11,19H,10H2,1H3,(H,18,20). The zero-order chi connectivity index (χ0) is 14.5. The molecule has 2 rings (SSSR count). The van der Waals surface area contributed by atoms with Crippen molar-refractivity contribution >= 4 is 21.8 Å².